The van der Waals surface area contributed by atoms with Crippen LogP contribution in [0.5, 0.6) is 0 Å². The minimum atomic E-state index is -0.414. The lowest BCUT2D eigenvalue weighted by Crippen LogP contribution is -2.41. The highest BCUT2D eigenvalue weighted by atomic mass is 32.1. The summed E-state index contributed by atoms with van der Waals surface area (Å²) >= 11 is 4.40. The average Bonchev–Trinajstić information content (AvgIpc) is 2.72. The van der Waals surface area contributed by atoms with Crippen molar-refractivity contribution in [2.75, 3.05) is 12.3 Å². The molecule has 1 fully saturated rings. The summed E-state index contributed by atoms with van der Waals surface area (Å²) in [6.45, 7) is 8.12. The first-order chi connectivity index (χ1) is 10.7. The number of thiol groups is 1. The van der Waals surface area contributed by atoms with Gasteiger partial charge < -0.3 is 15.0 Å². The number of carbonyl (C=O) groups excluding carboxylic acids is 1. The van der Waals surface area contributed by atoms with E-state index in [-0.39, 0.29) is 23.5 Å². The molecule has 1 aromatic carbocycles. The van der Waals surface area contributed by atoms with Gasteiger partial charge in [0.1, 0.15) is 0 Å². The third-order valence-corrected chi connectivity index (χ3v) is 4.87. The van der Waals surface area contributed by atoms with Gasteiger partial charge in [-0.1, -0.05) is 30.3 Å². The molecule has 4 nitrogen and oxygen atoms in total. The molecule has 2 rings (SSSR count). The molecule has 2 N–H and O–H groups in total. The van der Waals surface area contributed by atoms with E-state index in [1.54, 1.807) is 12.1 Å². The molecule has 6 heteroatoms. The van der Waals surface area contributed by atoms with Gasteiger partial charge in [-0.15, -0.1) is 0 Å². The van der Waals surface area contributed by atoms with Crippen molar-refractivity contribution in [2.45, 2.75) is 38.9 Å². The lowest BCUT2D eigenvalue weighted by Gasteiger charge is -2.32. The second-order valence-corrected chi connectivity index (χ2v) is 7.03. The predicted octanol–water partition coefficient (Wildman–Crippen LogP) is 2.77. The molecule has 1 heterocycles. The Hall–Kier alpha value is -1.08. The molecule has 1 aromatic rings. The molecule has 1 aliphatic heterocycles. The molecule has 0 bridgehead atoms. The zero-order valence-corrected chi connectivity index (χ0v) is 15.0. The Morgan fingerprint density at radius 2 is 1.70 bits per heavy atom. The van der Waals surface area contributed by atoms with E-state index in [1.165, 1.54) is 0 Å². The molecular formula is C17H24BNO3S. The van der Waals surface area contributed by atoms with Crippen LogP contribution < -0.4 is 5.73 Å². The normalized spacial score (nSPS) is 19.9. The van der Waals surface area contributed by atoms with Crippen molar-refractivity contribution in [1.29, 1.82) is 0 Å². The van der Waals surface area contributed by atoms with Crippen molar-refractivity contribution in [3.8, 4) is 0 Å². The fourth-order valence-electron chi connectivity index (χ4n) is 2.28. The number of Topliss-reactive ketones (excluding diaryl/α,β-unsaturated/α-hetero) is 1. The topological polar surface area (TPSA) is 61.5 Å². The van der Waals surface area contributed by atoms with Crippen LogP contribution in [0.15, 0.2) is 29.7 Å². The summed E-state index contributed by atoms with van der Waals surface area (Å²) in [6.07, 6.45) is 1.99. The predicted molar refractivity (Wildman–Crippen MR) is 97.7 cm³/mol. The summed E-state index contributed by atoms with van der Waals surface area (Å²) in [6, 6.07) is 7.33. The summed E-state index contributed by atoms with van der Waals surface area (Å²) in [4.78, 5) is 11.6. The summed E-state index contributed by atoms with van der Waals surface area (Å²) in [5, 5.41) is 0. The third kappa shape index (κ3) is 3.88. The number of benzene rings is 1. The number of rotatable bonds is 5. The van der Waals surface area contributed by atoms with Crippen LogP contribution in [0.4, 0.5) is 0 Å². The molecule has 0 unspecified atom stereocenters. The quantitative estimate of drug-likeness (QED) is 0.494. The first kappa shape index (κ1) is 18.3. The second kappa shape index (κ2) is 6.81. The molecule has 23 heavy (non-hydrogen) atoms. The van der Waals surface area contributed by atoms with Gasteiger partial charge in [0.25, 0.3) is 0 Å². The van der Waals surface area contributed by atoms with Gasteiger partial charge in [-0.05, 0) is 38.7 Å². The Morgan fingerprint density at radius 1 is 1.17 bits per heavy atom. The lowest BCUT2D eigenvalue weighted by atomic mass is 9.78. The van der Waals surface area contributed by atoms with Gasteiger partial charge in [-0.2, -0.15) is 12.6 Å². The van der Waals surface area contributed by atoms with E-state index in [0.29, 0.717) is 11.3 Å². The van der Waals surface area contributed by atoms with Crippen LogP contribution >= 0.6 is 12.6 Å². The smallest absolute Gasteiger partial charge is 0.400 e. The Bertz CT molecular complexity index is 595. The molecule has 0 saturated carbocycles. The Balaban J connectivity index is 2.21. The Morgan fingerprint density at radius 3 is 2.13 bits per heavy atom. The number of nitrogens with two attached hydrogens (primary N) is 1. The fourth-order valence-corrected chi connectivity index (χ4v) is 2.52. The van der Waals surface area contributed by atoms with Crippen molar-refractivity contribution >= 4 is 31.6 Å². The minimum Gasteiger partial charge on any atom is -0.400 e. The van der Waals surface area contributed by atoms with Gasteiger partial charge in [0.05, 0.1) is 17.7 Å². The van der Waals surface area contributed by atoms with Crippen LogP contribution in [-0.4, -0.2) is 36.4 Å². The van der Waals surface area contributed by atoms with Crippen LogP contribution in [0.25, 0.3) is 6.08 Å². The van der Waals surface area contributed by atoms with E-state index in [4.69, 9.17) is 15.0 Å². The van der Waals surface area contributed by atoms with E-state index in [1.807, 2.05) is 45.9 Å². The monoisotopic (exact) mass is 333 g/mol. The number of hydrogen-bond donors (Lipinski definition) is 2. The minimum absolute atomic E-state index is 0.0188. The number of carbonyl (C=O) groups is 1. The first-order valence-corrected chi connectivity index (χ1v) is 8.34. The lowest BCUT2D eigenvalue weighted by molar-refractivity contribution is 0.00578. The Labute approximate surface area is 144 Å². The molecule has 0 aromatic heterocycles. The van der Waals surface area contributed by atoms with Gasteiger partial charge in [-0.25, -0.2) is 0 Å². The molecular weight excluding hydrogens is 309 g/mol. The second-order valence-electron chi connectivity index (χ2n) is 6.71. The summed E-state index contributed by atoms with van der Waals surface area (Å²) in [5.41, 5.74) is 7.15. The zero-order valence-electron chi connectivity index (χ0n) is 14.1. The maximum Gasteiger partial charge on any atom is 0.491 e. The number of ketones is 1. The molecule has 0 spiro atoms. The summed E-state index contributed by atoms with van der Waals surface area (Å²) < 4.78 is 12.1. The van der Waals surface area contributed by atoms with Gasteiger partial charge in [0.2, 0.25) is 0 Å². The highest BCUT2D eigenvalue weighted by Gasteiger charge is 2.52. The zero-order chi connectivity index (χ0) is 17.3. The highest BCUT2D eigenvalue weighted by Crippen LogP contribution is 2.39. The van der Waals surface area contributed by atoms with Crippen molar-refractivity contribution < 1.29 is 14.1 Å². The van der Waals surface area contributed by atoms with Gasteiger partial charge in [0.15, 0.2) is 5.78 Å². The molecule has 124 valence electrons. The van der Waals surface area contributed by atoms with Crippen molar-refractivity contribution in [2.24, 2.45) is 5.73 Å². The van der Waals surface area contributed by atoms with Crippen LogP contribution in [0.2, 0.25) is 0 Å². The van der Waals surface area contributed by atoms with Crippen molar-refractivity contribution in [3.63, 3.8) is 0 Å². The van der Waals surface area contributed by atoms with Crippen molar-refractivity contribution in [1.82, 2.24) is 0 Å². The molecule has 1 saturated heterocycles. The highest BCUT2D eigenvalue weighted by molar-refractivity contribution is 7.80. The molecule has 0 atom stereocenters. The third-order valence-electron chi connectivity index (χ3n) is 4.51. The van der Waals surface area contributed by atoms with Crippen LogP contribution in [0.3, 0.4) is 0 Å². The molecule has 0 radical (unpaired) electrons. The maximum absolute atomic E-state index is 11.6. The van der Waals surface area contributed by atoms with Gasteiger partial charge >= 0.3 is 7.12 Å². The first-order valence-electron chi connectivity index (χ1n) is 7.70. The maximum atomic E-state index is 11.6. The van der Waals surface area contributed by atoms with Crippen LogP contribution in [0.1, 0.15) is 43.6 Å². The SMILES string of the molecule is CC1(C)OB(C(=Cc2ccc(C(=O)CN)cc2)CS)OC1(C)C. The molecule has 1 aliphatic rings. The number of hydrogen-bond acceptors (Lipinski definition) is 5. The fraction of sp³-hybridized carbons (Fsp3) is 0.471. The van der Waals surface area contributed by atoms with E-state index in [9.17, 15) is 4.79 Å². The van der Waals surface area contributed by atoms with Gasteiger partial charge in [-0.3, -0.25) is 4.79 Å². The van der Waals surface area contributed by atoms with E-state index in [0.717, 1.165) is 11.0 Å². The largest absolute Gasteiger partial charge is 0.491 e. The van der Waals surface area contributed by atoms with E-state index in [2.05, 4.69) is 12.6 Å². The molecule has 0 aliphatic carbocycles. The van der Waals surface area contributed by atoms with E-state index < -0.39 is 7.12 Å². The van der Waals surface area contributed by atoms with Gasteiger partial charge in [0, 0.05) is 11.3 Å². The van der Waals surface area contributed by atoms with Crippen molar-refractivity contribution in [3.05, 3.63) is 40.9 Å². The summed E-state index contributed by atoms with van der Waals surface area (Å²) in [7, 11) is -0.414. The average molecular weight is 333 g/mol. The molecule has 0 amide bonds. The van der Waals surface area contributed by atoms with Crippen LogP contribution in [0, 0.1) is 0 Å². The Kier molecular flexibility index (Phi) is 5.41. The van der Waals surface area contributed by atoms with Crippen LogP contribution in [-0.2, 0) is 9.31 Å². The van der Waals surface area contributed by atoms with E-state index >= 15 is 0 Å². The standard InChI is InChI=1S/C17H24BNO3S/c1-16(2)17(3,4)22-18(21-16)14(11-23)9-12-5-7-13(8-6-12)15(20)10-19/h5-9,23H,10-11,19H2,1-4H3. The summed E-state index contributed by atoms with van der Waals surface area (Å²) in [5.74, 6) is 0.459.